The van der Waals surface area contributed by atoms with Gasteiger partial charge in [-0.1, -0.05) is 31.5 Å². The van der Waals surface area contributed by atoms with Crippen molar-refractivity contribution in [2.24, 2.45) is 5.41 Å². The fourth-order valence-corrected chi connectivity index (χ4v) is 6.47. The first-order valence-corrected chi connectivity index (χ1v) is 14.7. The number of carbonyl (C=O) groups is 3. The topological polar surface area (TPSA) is 132 Å². The van der Waals surface area contributed by atoms with Crippen molar-refractivity contribution >= 4 is 29.4 Å². The average molecular weight is 611 g/mol. The number of nitrogens with zero attached hydrogens (tertiary/aromatic N) is 2. The van der Waals surface area contributed by atoms with Gasteiger partial charge < -0.3 is 15.3 Å². The zero-order valence-corrected chi connectivity index (χ0v) is 25.4. The lowest BCUT2D eigenvalue weighted by molar-refractivity contribution is -0.156. The highest BCUT2D eigenvalue weighted by Gasteiger charge is 2.52. The summed E-state index contributed by atoms with van der Waals surface area (Å²) in [5.74, 6) is -2.49. The number of hydrogen-bond donors (Lipinski definition) is 3. The third-order valence-electron chi connectivity index (χ3n) is 8.66. The highest BCUT2D eigenvalue weighted by Crippen LogP contribution is 2.47. The summed E-state index contributed by atoms with van der Waals surface area (Å²) in [6, 6.07) is 9.63. The maximum Gasteiger partial charge on any atom is 0.311 e. The Hall–Kier alpha value is -4.05. The molecule has 1 saturated heterocycles. The van der Waals surface area contributed by atoms with E-state index in [4.69, 9.17) is 11.6 Å². The summed E-state index contributed by atoms with van der Waals surface area (Å²) < 4.78 is 14.3. The van der Waals surface area contributed by atoms with Crippen LogP contribution in [-0.4, -0.2) is 50.6 Å². The van der Waals surface area contributed by atoms with E-state index in [1.807, 2.05) is 6.92 Å². The van der Waals surface area contributed by atoms with E-state index in [1.165, 1.54) is 17.0 Å². The van der Waals surface area contributed by atoms with Gasteiger partial charge in [0.05, 0.1) is 23.7 Å². The van der Waals surface area contributed by atoms with E-state index in [1.54, 1.807) is 51.1 Å². The molecule has 0 spiro atoms. The van der Waals surface area contributed by atoms with Crippen molar-refractivity contribution < 1.29 is 23.9 Å². The fraction of sp³-hybridized carbons (Fsp3) is 0.406. The van der Waals surface area contributed by atoms with Crippen molar-refractivity contribution in [3.8, 4) is 0 Å². The van der Waals surface area contributed by atoms with Crippen LogP contribution in [0.1, 0.15) is 83.9 Å². The molecule has 1 fully saturated rings. The first-order valence-electron chi connectivity index (χ1n) is 14.3. The quantitative estimate of drug-likeness (QED) is 0.292. The summed E-state index contributed by atoms with van der Waals surface area (Å²) in [6.07, 6.45) is 1.80. The number of H-pyrrole nitrogens is 1. The molecule has 0 bridgehead atoms. The number of likely N-dealkylation sites (tertiary alicyclic amines) is 1. The SMILES string of the molecule is CCC(CC)(C(=O)O)[C@H]1CC[C@@H](c2cc(F)cc(Cl)c2)N1C(=O)CNC(=O)c1ccc(Cc2cc(C)n[nH]c2=O)c(C)c1. The van der Waals surface area contributed by atoms with Gasteiger partial charge in [0.2, 0.25) is 5.91 Å². The van der Waals surface area contributed by atoms with E-state index in [0.717, 1.165) is 11.1 Å². The van der Waals surface area contributed by atoms with Crippen molar-refractivity contribution in [1.29, 1.82) is 0 Å². The normalized spacial score (nSPS) is 16.7. The van der Waals surface area contributed by atoms with Gasteiger partial charge in [-0.3, -0.25) is 19.2 Å². The summed E-state index contributed by atoms with van der Waals surface area (Å²) in [6.45, 7) is 6.82. The lowest BCUT2D eigenvalue weighted by atomic mass is 9.74. The average Bonchev–Trinajstić information content (AvgIpc) is 3.40. The Morgan fingerprint density at radius 2 is 1.81 bits per heavy atom. The Morgan fingerprint density at radius 1 is 1.09 bits per heavy atom. The number of halogens is 2. The number of benzene rings is 2. The van der Waals surface area contributed by atoms with Crippen LogP contribution in [0.4, 0.5) is 4.39 Å². The van der Waals surface area contributed by atoms with E-state index in [2.05, 4.69) is 15.5 Å². The fourth-order valence-electron chi connectivity index (χ4n) is 6.24. The predicted octanol–water partition coefficient (Wildman–Crippen LogP) is 5.12. The van der Waals surface area contributed by atoms with Crippen LogP contribution in [0.5, 0.6) is 0 Å². The molecule has 1 aliphatic rings. The second-order valence-electron chi connectivity index (χ2n) is 11.1. The molecule has 1 aliphatic heterocycles. The van der Waals surface area contributed by atoms with Crippen molar-refractivity contribution in [3.05, 3.63) is 97.2 Å². The molecule has 2 atom stereocenters. The first kappa shape index (κ1) is 31.9. The Kier molecular flexibility index (Phi) is 9.69. The Bertz CT molecular complexity index is 1580. The smallest absolute Gasteiger partial charge is 0.311 e. The van der Waals surface area contributed by atoms with Crippen LogP contribution in [0.15, 0.2) is 47.3 Å². The van der Waals surface area contributed by atoms with Gasteiger partial charge in [0, 0.05) is 28.6 Å². The second-order valence-corrected chi connectivity index (χ2v) is 11.6. The standard InChI is InChI=1S/C32H36ClFN4O5/c1-5-32(6-2,31(42)43)27-10-9-26(22-14-24(33)16-25(34)15-22)38(27)28(39)17-35-29(40)21-8-7-20(18(3)11-21)13-23-12-19(4)36-37-30(23)41/h7-8,11-12,14-16,26-27H,5-6,9-10,13,17H2,1-4H3,(H,35,40)(H,37,41)(H,42,43)/t26-,27+/m0/s1. The molecular weight excluding hydrogens is 575 g/mol. The number of nitrogens with one attached hydrogen (secondary N) is 2. The molecule has 2 heterocycles. The minimum atomic E-state index is -1.20. The van der Waals surface area contributed by atoms with Crippen molar-refractivity contribution in [3.63, 3.8) is 0 Å². The highest BCUT2D eigenvalue weighted by molar-refractivity contribution is 6.30. The Labute approximate surface area is 254 Å². The van der Waals surface area contributed by atoms with Gasteiger partial charge in [0.25, 0.3) is 11.5 Å². The van der Waals surface area contributed by atoms with E-state index in [0.29, 0.717) is 54.5 Å². The number of carbonyl (C=O) groups excluding carboxylic acids is 2. The van der Waals surface area contributed by atoms with E-state index >= 15 is 0 Å². The minimum Gasteiger partial charge on any atom is -0.481 e. The van der Waals surface area contributed by atoms with Crippen LogP contribution >= 0.6 is 11.6 Å². The zero-order chi connectivity index (χ0) is 31.5. The molecule has 11 heteroatoms. The number of aryl methyl sites for hydroxylation is 2. The van der Waals surface area contributed by atoms with Gasteiger partial charge in [-0.2, -0.15) is 5.10 Å². The van der Waals surface area contributed by atoms with Gasteiger partial charge >= 0.3 is 5.97 Å². The predicted molar refractivity (Wildman–Crippen MR) is 161 cm³/mol. The Morgan fingerprint density at radius 3 is 2.44 bits per heavy atom. The third kappa shape index (κ3) is 6.64. The molecule has 2 aromatic carbocycles. The number of hydrogen-bond acceptors (Lipinski definition) is 5. The van der Waals surface area contributed by atoms with Crippen molar-refractivity contribution in [2.45, 2.75) is 71.9 Å². The molecule has 1 aromatic heterocycles. The molecule has 4 rings (SSSR count). The molecule has 9 nitrogen and oxygen atoms in total. The highest BCUT2D eigenvalue weighted by atomic mass is 35.5. The van der Waals surface area contributed by atoms with E-state index in [9.17, 15) is 28.7 Å². The largest absolute Gasteiger partial charge is 0.481 e. The summed E-state index contributed by atoms with van der Waals surface area (Å²) in [7, 11) is 0. The summed E-state index contributed by atoms with van der Waals surface area (Å²) in [5, 5.41) is 19.5. The maximum atomic E-state index is 14.3. The second kappa shape index (κ2) is 13.1. The van der Waals surface area contributed by atoms with E-state index < -0.39 is 41.1 Å². The lowest BCUT2D eigenvalue weighted by Gasteiger charge is -2.41. The molecular formula is C32H36ClFN4O5. The van der Waals surface area contributed by atoms with Crippen LogP contribution < -0.4 is 10.9 Å². The molecule has 43 heavy (non-hydrogen) atoms. The molecule has 0 radical (unpaired) electrons. The molecule has 3 N–H and O–H groups in total. The zero-order valence-electron chi connectivity index (χ0n) is 24.7. The van der Waals surface area contributed by atoms with Gasteiger partial charge in [0.1, 0.15) is 5.82 Å². The number of aromatic nitrogens is 2. The van der Waals surface area contributed by atoms with Crippen LogP contribution in [0.2, 0.25) is 5.02 Å². The lowest BCUT2D eigenvalue weighted by Crippen LogP contribution is -2.53. The number of carboxylic acid groups (broad SMARTS) is 1. The molecule has 0 unspecified atom stereocenters. The molecule has 0 aliphatic carbocycles. The summed E-state index contributed by atoms with van der Waals surface area (Å²) in [4.78, 5) is 53.1. The molecule has 3 aromatic rings. The van der Waals surface area contributed by atoms with Crippen molar-refractivity contribution in [1.82, 2.24) is 20.4 Å². The van der Waals surface area contributed by atoms with Crippen LogP contribution in [0.3, 0.4) is 0 Å². The van der Waals surface area contributed by atoms with Gasteiger partial charge in [-0.05, 0) is 92.6 Å². The summed E-state index contributed by atoms with van der Waals surface area (Å²) in [5.41, 5.74) is 2.25. The van der Waals surface area contributed by atoms with Crippen molar-refractivity contribution in [2.75, 3.05) is 6.54 Å². The maximum absolute atomic E-state index is 14.3. The van der Waals surface area contributed by atoms with E-state index in [-0.39, 0.29) is 17.1 Å². The van der Waals surface area contributed by atoms with Crippen LogP contribution in [0, 0.1) is 25.1 Å². The van der Waals surface area contributed by atoms with Gasteiger partial charge in [0.15, 0.2) is 0 Å². The minimum absolute atomic E-state index is 0.178. The van der Waals surface area contributed by atoms with Gasteiger partial charge in [-0.25, -0.2) is 9.49 Å². The molecule has 0 saturated carbocycles. The number of rotatable bonds is 10. The first-order chi connectivity index (χ1) is 20.4. The molecule has 2 amide bonds. The van der Waals surface area contributed by atoms with Crippen LogP contribution in [-0.2, 0) is 16.0 Å². The number of amides is 2. The number of aromatic amines is 1. The number of carboxylic acids is 1. The third-order valence-corrected chi connectivity index (χ3v) is 8.88. The Balaban J connectivity index is 1.55. The van der Waals surface area contributed by atoms with Gasteiger partial charge in [-0.15, -0.1) is 0 Å². The number of aliphatic carboxylic acids is 1. The summed E-state index contributed by atoms with van der Waals surface area (Å²) >= 11 is 6.13. The van der Waals surface area contributed by atoms with Crippen LogP contribution in [0.25, 0.3) is 0 Å². The monoisotopic (exact) mass is 610 g/mol. The molecule has 228 valence electrons.